The number of nitrogens with one attached hydrogen (secondary N) is 1. The quantitative estimate of drug-likeness (QED) is 0.219. The zero-order valence-electron chi connectivity index (χ0n) is 27.7. The first-order valence-electron chi connectivity index (χ1n) is 16.6. The summed E-state index contributed by atoms with van der Waals surface area (Å²) in [7, 11) is 1.89. The molecule has 0 saturated carbocycles. The normalized spacial score (nSPS) is 15.4. The maximum absolute atomic E-state index is 14.7. The monoisotopic (exact) mass is 636 g/mol. The number of hydrogen-bond acceptors (Lipinski definition) is 3. The highest BCUT2D eigenvalue weighted by Crippen LogP contribution is 2.35. The molecule has 1 aromatic heterocycles. The first-order chi connectivity index (χ1) is 23.3. The number of benzene rings is 4. The highest BCUT2D eigenvalue weighted by Gasteiger charge is 2.32. The minimum atomic E-state index is -0.202. The molecule has 0 saturated heterocycles. The Bertz CT molecular complexity index is 2010. The van der Waals surface area contributed by atoms with Crippen molar-refractivity contribution in [2.45, 2.75) is 52.2 Å². The van der Waals surface area contributed by atoms with Gasteiger partial charge in [0.2, 0.25) is 5.91 Å². The van der Waals surface area contributed by atoms with Gasteiger partial charge in [0, 0.05) is 55.2 Å². The molecule has 2 aliphatic rings. The standard InChI is InChI=1S/C41H40N4O3/c1-27-20-37(43(3)39(27)40(47)42-34-16-8-5-9-17-34)35-23-31-18-19-44(38(46)22-29-12-6-4-7-13-29)25-33(31)24-36(35)41(48)45-26-32-15-11-10-14-30(32)21-28(45)2/h4-17,20,23-24,28H,18-19,21-22,25-26H2,1-3H3,(H,42,47)/t28-/m1/s1. The van der Waals surface area contributed by atoms with Crippen molar-refractivity contribution in [1.82, 2.24) is 14.4 Å². The van der Waals surface area contributed by atoms with Gasteiger partial charge in [-0.1, -0.05) is 72.8 Å². The molecule has 1 N–H and O–H groups in total. The molecule has 242 valence electrons. The van der Waals surface area contributed by atoms with Crippen LogP contribution in [0.1, 0.15) is 61.2 Å². The van der Waals surface area contributed by atoms with Crippen LogP contribution in [0.15, 0.2) is 103 Å². The molecule has 0 fully saturated rings. The summed E-state index contributed by atoms with van der Waals surface area (Å²) >= 11 is 0. The van der Waals surface area contributed by atoms with Crippen LogP contribution in [0.2, 0.25) is 0 Å². The third-order valence-corrected chi connectivity index (χ3v) is 9.85. The Kier molecular flexibility index (Phi) is 8.44. The summed E-state index contributed by atoms with van der Waals surface area (Å²) in [4.78, 5) is 45.5. The number of rotatable bonds is 6. The largest absolute Gasteiger partial charge is 0.339 e. The number of anilines is 1. The van der Waals surface area contributed by atoms with Crippen molar-refractivity contribution >= 4 is 23.4 Å². The Morgan fingerprint density at radius 1 is 0.792 bits per heavy atom. The van der Waals surface area contributed by atoms with Crippen LogP contribution in [0.3, 0.4) is 0 Å². The highest BCUT2D eigenvalue weighted by atomic mass is 16.2. The SMILES string of the molecule is Cc1cc(-c2cc3c(cc2C(=O)N2Cc4ccccc4C[C@H]2C)CN(C(=O)Cc2ccccc2)CC3)n(C)c1C(=O)Nc1ccccc1. The van der Waals surface area contributed by atoms with E-state index in [1.165, 1.54) is 5.56 Å². The van der Waals surface area contributed by atoms with Gasteiger partial charge in [-0.2, -0.15) is 0 Å². The van der Waals surface area contributed by atoms with E-state index in [0.717, 1.165) is 51.2 Å². The predicted molar refractivity (Wildman–Crippen MR) is 189 cm³/mol. The molecule has 3 amide bonds. The Balaban J connectivity index is 1.27. The lowest BCUT2D eigenvalue weighted by molar-refractivity contribution is -0.131. The topological polar surface area (TPSA) is 74.7 Å². The molecule has 48 heavy (non-hydrogen) atoms. The molecule has 4 aromatic carbocycles. The fraction of sp³-hybridized carbons (Fsp3) is 0.244. The Hall–Kier alpha value is -5.43. The molecule has 0 bridgehead atoms. The molecular weight excluding hydrogens is 596 g/mol. The van der Waals surface area contributed by atoms with Gasteiger partial charge in [-0.3, -0.25) is 14.4 Å². The number of aryl methyl sites for hydroxylation is 1. The van der Waals surface area contributed by atoms with Crippen LogP contribution in [-0.4, -0.2) is 44.7 Å². The molecule has 5 aromatic rings. The van der Waals surface area contributed by atoms with E-state index >= 15 is 0 Å². The summed E-state index contributed by atoms with van der Waals surface area (Å²) in [6.07, 6.45) is 1.83. The Labute approximate surface area is 281 Å². The maximum Gasteiger partial charge on any atom is 0.272 e. The molecule has 3 heterocycles. The van der Waals surface area contributed by atoms with Crippen molar-refractivity contribution in [3.8, 4) is 11.3 Å². The van der Waals surface area contributed by atoms with Crippen LogP contribution < -0.4 is 5.32 Å². The molecule has 0 spiro atoms. The van der Waals surface area contributed by atoms with Crippen LogP contribution >= 0.6 is 0 Å². The van der Waals surface area contributed by atoms with E-state index in [2.05, 4.69) is 36.5 Å². The van der Waals surface area contributed by atoms with Crippen molar-refractivity contribution in [2.75, 3.05) is 11.9 Å². The van der Waals surface area contributed by atoms with E-state index in [0.29, 0.717) is 43.7 Å². The Morgan fingerprint density at radius 3 is 2.23 bits per heavy atom. The second-order valence-corrected chi connectivity index (χ2v) is 13.1. The van der Waals surface area contributed by atoms with Gasteiger partial charge in [0.25, 0.3) is 11.8 Å². The summed E-state index contributed by atoms with van der Waals surface area (Å²) in [5, 5.41) is 3.02. The van der Waals surface area contributed by atoms with Crippen LogP contribution in [0.4, 0.5) is 5.69 Å². The summed E-state index contributed by atoms with van der Waals surface area (Å²) in [6.45, 7) is 5.64. The lowest BCUT2D eigenvalue weighted by Crippen LogP contribution is -2.43. The molecule has 1 atom stereocenters. The van der Waals surface area contributed by atoms with Crippen LogP contribution in [0.5, 0.6) is 0 Å². The van der Waals surface area contributed by atoms with E-state index in [1.807, 2.05) is 107 Å². The van der Waals surface area contributed by atoms with Gasteiger partial charge in [0.15, 0.2) is 0 Å². The minimum Gasteiger partial charge on any atom is -0.339 e. The van der Waals surface area contributed by atoms with E-state index < -0.39 is 0 Å². The highest BCUT2D eigenvalue weighted by molar-refractivity contribution is 6.06. The number of aromatic nitrogens is 1. The van der Waals surface area contributed by atoms with Gasteiger partial charge >= 0.3 is 0 Å². The van der Waals surface area contributed by atoms with Crippen LogP contribution in [-0.2, 0) is 44.2 Å². The molecule has 7 heteroatoms. The van der Waals surface area contributed by atoms with Crippen LogP contribution in [0, 0.1) is 6.92 Å². The van der Waals surface area contributed by atoms with E-state index in [4.69, 9.17) is 0 Å². The summed E-state index contributed by atoms with van der Waals surface area (Å²) in [5.74, 6) is -0.166. The number of hydrogen-bond donors (Lipinski definition) is 1. The lowest BCUT2D eigenvalue weighted by atomic mass is 9.89. The van der Waals surface area contributed by atoms with Crippen molar-refractivity contribution in [3.05, 3.63) is 148 Å². The van der Waals surface area contributed by atoms with E-state index in [9.17, 15) is 14.4 Å². The second-order valence-electron chi connectivity index (χ2n) is 13.1. The number of carbonyl (C=O) groups excluding carboxylic acids is 3. The molecule has 0 aliphatic carbocycles. The molecule has 0 radical (unpaired) electrons. The van der Waals surface area contributed by atoms with Crippen molar-refractivity contribution in [3.63, 3.8) is 0 Å². The van der Waals surface area contributed by atoms with E-state index in [-0.39, 0.29) is 23.8 Å². The lowest BCUT2D eigenvalue weighted by Gasteiger charge is -2.36. The fourth-order valence-corrected chi connectivity index (χ4v) is 7.26. The summed E-state index contributed by atoms with van der Waals surface area (Å²) in [5.41, 5.74) is 9.85. The van der Waals surface area contributed by atoms with Gasteiger partial charge in [0.1, 0.15) is 5.69 Å². The van der Waals surface area contributed by atoms with Gasteiger partial charge in [-0.05, 0) is 90.4 Å². The third kappa shape index (κ3) is 6.04. The molecule has 7 rings (SSSR count). The number of amides is 3. The van der Waals surface area contributed by atoms with E-state index in [1.54, 1.807) is 0 Å². The zero-order valence-corrected chi connectivity index (χ0v) is 27.7. The molecule has 2 aliphatic heterocycles. The molecule has 7 nitrogen and oxygen atoms in total. The number of fused-ring (bicyclic) bond motifs is 2. The average molecular weight is 637 g/mol. The number of carbonyl (C=O) groups is 3. The van der Waals surface area contributed by atoms with Crippen molar-refractivity contribution < 1.29 is 14.4 Å². The second kappa shape index (κ2) is 13.0. The number of para-hydroxylation sites is 1. The first-order valence-corrected chi connectivity index (χ1v) is 16.6. The minimum absolute atomic E-state index is 0.0163. The summed E-state index contributed by atoms with van der Waals surface area (Å²) in [6, 6.07) is 33.7. The first kappa shape index (κ1) is 31.2. The van der Waals surface area contributed by atoms with Gasteiger partial charge < -0.3 is 19.7 Å². The number of nitrogens with zero attached hydrogens (tertiary/aromatic N) is 3. The van der Waals surface area contributed by atoms with Crippen molar-refractivity contribution in [2.24, 2.45) is 7.05 Å². The Morgan fingerprint density at radius 2 is 1.48 bits per heavy atom. The summed E-state index contributed by atoms with van der Waals surface area (Å²) < 4.78 is 1.90. The maximum atomic E-state index is 14.7. The third-order valence-electron chi connectivity index (χ3n) is 9.85. The molecular formula is C41H40N4O3. The van der Waals surface area contributed by atoms with Gasteiger partial charge in [-0.15, -0.1) is 0 Å². The van der Waals surface area contributed by atoms with Crippen molar-refractivity contribution in [1.29, 1.82) is 0 Å². The van der Waals surface area contributed by atoms with Gasteiger partial charge in [-0.25, -0.2) is 0 Å². The van der Waals surface area contributed by atoms with Gasteiger partial charge in [0.05, 0.1) is 6.42 Å². The molecule has 0 unspecified atom stereocenters. The predicted octanol–water partition coefficient (Wildman–Crippen LogP) is 6.97. The fourth-order valence-electron chi connectivity index (χ4n) is 7.26. The smallest absolute Gasteiger partial charge is 0.272 e. The zero-order chi connectivity index (χ0) is 33.4. The van der Waals surface area contributed by atoms with Crippen LogP contribution in [0.25, 0.3) is 11.3 Å². The average Bonchev–Trinajstić information content (AvgIpc) is 3.40.